The number of rotatable bonds is 5. The van der Waals surface area contributed by atoms with Gasteiger partial charge in [-0.05, 0) is 37.5 Å². The third-order valence-electron chi connectivity index (χ3n) is 5.05. The van der Waals surface area contributed by atoms with E-state index in [4.69, 9.17) is 16.3 Å². The molecule has 0 radical (unpaired) electrons. The van der Waals surface area contributed by atoms with Crippen molar-refractivity contribution in [1.82, 2.24) is 9.88 Å². The lowest BCUT2D eigenvalue weighted by molar-refractivity contribution is 0.0936. The Hall–Kier alpha value is -2.79. The maximum atomic E-state index is 13.0. The summed E-state index contributed by atoms with van der Waals surface area (Å²) in [6, 6.07) is 13.5. The Morgan fingerprint density at radius 1 is 1.25 bits per heavy atom. The zero-order chi connectivity index (χ0) is 19.7. The van der Waals surface area contributed by atoms with Crippen LogP contribution in [0.5, 0.6) is 5.75 Å². The third kappa shape index (κ3) is 3.50. The number of carbonyl (C=O) groups excluding carboxylic acids is 1. The molecule has 0 bridgehead atoms. The lowest BCUT2D eigenvalue weighted by Gasteiger charge is -2.22. The van der Waals surface area contributed by atoms with Crippen LogP contribution in [0.1, 0.15) is 29.3 Å². The van der Waals surface area contributed by atoms with Gasteiger partial charge >= 0.3 is 0 Å². The van der Waals surface area contributed by atoms with E-state index in [0.29, 0.717) is 34.8 Å². The minimum absolute atomic E-state index is 0.0608. The average Bonchev–Trinajstić information content (AvgIpc) is 2.70. The van der Waals surface area contributed by atoms with E-state index in [-0.39, 0.29) is 22.9 Å². The van der Waals surface area contributed by atoms with Gasteiger partial charge in [-0.3, -0.25) is 9.59 Å². The topological polar surface area (TPSA) is 60.3 Å². The summed E-state index contributed by atoms with van der Waals surface area (Å²) in [7, 11) is 0. The molecule has 1 atom stereocenters. The summed E-state index contributed by atoms with van der Waals surface area (Å²) >= 11 is 6.29. The van der Waals surface area contributed by atoms with Gasteiger partial charge in [-0.1, -0.05) is 41.9 Å². The zero-order valence-electron chi connectivity index (χ0n) is 15.6. The highest BCUT2D eigenvalue weighted by molar-refractivity contribution is 6.35. The Bertz CT molecular complexity index is 1090. The number of aromatic nitrogens is 1. The average molecular weight is 397 g/mol. The smallest absolute Gasteiger partial charge is 0.256 e. The van der Waals surface area contributed by atoms with Crippen molar-refractivity contribution in [2.75, 3.05) is 6.61 Å². The number of aryl methyl sites for hydroxylation is 1. The molecule has 0 unspecified atom stereocenters. The first kappa shape index (κ1) is 18.6. The molecule has 2 aromatic carbocycles. The molecule has 5 nitrogen and oxygen atoms in total. The highest BCUT2D eigenvalue weighted by Gasteiger charge is 2.22. The quantitative estimate of drug-likeness (QED) is 0.713. The first-order valence-corrected chi connectivity index (χ1v) is 9.75. The maximum absolute atomic E-state index is 13.0. The van der Waals surface area contributed by atoms with Crippen molar-refractivity contribution in [1.29, 1.82) is 0 Å². The van der Waals surface area contributed by atoms with Crippen LogP contribution in [0.3, 0.4) is 0 Å². The molecule has 6 heteroatoms. The van der Waals surface area contributed by atoms with Gasteiger partial charge in [0.05, 0.1) is 22.5 Å². The minimum Gasteiger partial charge on any atom is -0.490 e. The molecule has 1 amide bonds. The van der Waals surface area contributed by atoms with Gasteiger partial charge in [0.2, 0.25) is 5.43 Å². The Kier molecular flexibility index (Phi) is 5.09. The fourth-order valence-electron chi connectivity index (χ4n) is 3.57. The molecule has 1 aliphatic rings. The molecule has 0 saturated carbocycles. The van der Waals surface area contributed by atoms with Crippen molar-refractivity contribution in [3.8, 4) is 5.75 Å². The summed E-state index contributed by atoms with van der Waals surface area (Å²) in [5.74, 6) is 0.245. The van der Waals surface area contributed by atoms with Crippen LogP contribution in [-0.4, -0.2) is 23.1 Å². The Balaban J connectivity index is 1.59. The number of hydrogen-bond donors (Lipinski definition) is 1. The molecule has 0 spiro atoms. The van der Waals surface area contributed by atoms with Crippen molar-refractivity contribution in [3.05, 3.63) is 75.0 Å². The van der Waals surface area contributed by atoms with Crippen molar-refractivity contribution in [2.24, 2.45) is 0 Å². The fourth-order valence-corrected chi connectivity index (χ4v) is 3.81. The van der Waals surface area contributed by atoms with E-state index >= 15 is 0 Å². The molecule has 1 N–H and O–H groups in total. The van der Waals surface area contributed by atoms with E-state index in [1.165, 1.54) is 5.56 Å². The molecule has 0 fully saturated rings. The van der Waals surface area contributed by atoms with E-state index in [9.17, 15) is 9.59 Å². The number of carbonyl (C=O) groups is 1. The second kappa shape index (κ2) is 7.68. The van der Waals surface area contributed by atoms with E-state index in [0.717, 1.165) is 12.8 Å². The van der Waals surface area contributed by atoms with Crippen LogP contribution in [-0.2, 0) is 13.0 Å². The number of ether oxygens (including phenoxy) is 1. The maximum Gasteiger partial charge on any atom is 0.256 e. The lowest BCUT2D eigenvalue weighted by Crippen LogP contribution is -2.36. The van der Waals surface area contributed by atoms with Crippen molar-refractivity contribution < 1.29 is 9.53 Å². The number of amides is 1. The fraction of sp³-hybridized carbons (Fsp3) is 0.273. The summed E-state index contributed by atoms with van der Waals surface area (Å²) in [5.41, 5.74) is 1.62. The summed E-state index contributed by atoms with van der Waals surface area (Å²) in [6.07, 6.45) is 3.26. The molecule has 1 aromatic heterocycles. The highest BCUT2D eigenvalue weighted by atomic mass is 35.5. The number of benzene rings is 2. The summed E-state index contributed by atoms with van der Waals surface area (Å²) in [4.78, 5) is 25.8. The molecule has 0 aliphatic carbocycles. The number of hydrogen-bond acceptors (Lipinski definition) is 3. The number of nitrogens with one attached hydrogen (secondary N) is 1. The highest BCUT2D eigenvalue weighted by Crippen LogP contribution is 2.32. The third-order valence-corrected chi connectivity index (χ3v) is 5.37. The summed E-state index contributed by atoms with van der Waals surface area (Å²) < 4.78 is 7.51. The number of nitrogens with zero attached hydrogens (tertiary/aromatic N) is 1. The Morgan fingerprint density at radius 3 is 2.82 bits per heavy atom. The SMILES string of the molecule is C[C@H](CCc1ccccc1)NC(=O)c1cn2c3c(ccc(Cl)c3c1=O)OCC2. The first-order valence-electron chi connectivity index (χ1n) is 9.38. The van der Waals surface area contributed by atoms with E-state index in [1.54, 1.807) is 18.3 Å². The monoisotopic (exact) mass is 396 g/mol. The molecule has 4 rings (SSSR count). The van der Waals surface area contributed by atoms with Crippen LogP contribution in [0.25, 0.3) is 10.9 Å². The van der Waals surface area contributed by atoms with Gasteiger partial charge in [-0.25, -0.2) is 0 Å². The van der Waals surface area contributed by atoms with Gasteiger partial charge in [0.15, 0.2) is 0 Å². The van der Waals surface area contributed by atoms with Crippen molar-refractivity contribution in [3.63, 3.8) is 0 Å². The van der Waals surface area contributed by atoms with Gasteiger partial charge in [0.25, 0.3) is 5.91 Å². The summed E-state index contributed by atoms with van der Waals surface area (Å²) in [5, 5.41) is 3.61. The molecule has 3 aromatic rings. The van der Waals surface area contributed by atoms with Crippen LogP contribution in [0, 0.1) is 0 Å². The molecular formula is C22H21ClN2O3. The molecule has 2 heterocycles. The standard InChI is InChI=1S/C22H21ClN2O3/c1-14(7-8-15-5-3-2-4-6-15)24-22(27)16-13-25-11-12-28-18-10-9-17(23)19(20(18)25)21(16)26/h2-6,9-10,13-14H,7-8,11-12H2,1H3,(H,24,27)/t14-/m1/s1. The molecular weight excluding hydrogens is 376 g/mol. The lowest BCUT2D eigenvalue weighted by atomic mass is 10.1. The second-order valence-electron chi connectivity index (χ2n) is 7.08. The van der Waals surface area contributed by atoms with Gasteiger partial charge in [-0.15, -0.1) is 0 Å². The zero-order valence-corrected chi connectivity index (χ0v) is 16.3. The van der Waals surface area contributed by atoms with Crippen LogP contribution >= 0.6 is 11.6 Å². The molecule has 0 saturated heterocycles. The first-order chi connectivity index (χ1) is 13.5. The Labute approximate surface area is 167 Å². The van der Waals surface area contributed by atoms with Gasteiger partial charge in [0, 0.05) is 12.2 Å². The van der Waals surface area contributed by atoms with Crippen LogP contribution in [0.4, 0.5) is 0 Å². The van der Waals surface area contributed by atoms with Crippen molar-refractivity contribution >= 4 is 28.4 Å². The summed E-state index contributed by atoms with van der Waals surface area (Å²) in [6.45, 7) is 3.00. The van der Waals surface area contributed by atoms with E-state index in [1.807, 2.05) is 29.7 Å². The molecule has 1 aliphatic heterocycles. The predicted molar refractivity (Wildman–Crippen MR) is 110 cm³/mol. The Morgan fingerprint density at radius 2 is 2.04 bits per heavy atom. The predicted octanol–water partition coefficient (Wildman–Crippen LogP) is 3.80. The van der Waals surface area contributed by atoms with E-state index in [2.05, 4.69) is 17.4 Å². The molecule has 28 heavy (non-hydrogen) atoms. The largest absolute Gasteiger partial charge is 0.490 e. The number of halogens is 1. The van der Waals surface area contributed by atoms with Gasteiger partial charge < -0.3 is 14.6 Å². The number of pyridine rings is 1. The van der Waals surface area contributed by atoms with Crippen molar-refractivity contribution in [2.45, 2.75) is 32.4 Å². The van der Waals surface area contributed by atoms with Crippen LogP contribution < -0.4 is 15.5 Å². The van der Waals surface area contributed by atoms with Gasteiger partial charge in [0.1, 0.15) is 17.9 Å². The molecule has 144 valence electrons. The van der Waals surface area contributed by atoms with Crippen LogP contribution in [0.15, 0.2) is 53.5 Å². The van der Waals surface area contributed by atoms with E-state index < -0.39 is 0 Å². The normalized spacial score (nSPS) is 13.8. The van der Waals surface area contributed by atoms with Gasteiger partial charge in [-0.2, -0.15) is 0 Å². The minimum atomic E-state index is -0.371. The second-order valence-corrected chi connectivity index (χ2v) is 7.49. The van der Waals surface area contributed by atoms with Crippen LogP contribution in [0.2, 0.25) is 5.02 Å².